The van der Waals surface area contributed by atoms with Crippen molar-refractivity contribution < 1.29 is 4.79 Å². The molecule has 1 aliphatic rings. The van der Waals surface area contributed by atoms with E-state index in [9.17, 15) is 9.59 Å². The molecular formula is C27H36N4O2. The molecular weight excluding hydrogens is 412 g/mol. The van der Waals surface area contributed by atoms with E-state index in [-0.39, 0.29) is 18.0 Å². The van der Waals surface area contributed by atoms with Crippen molar-refractivity contribution >= 4 is 16.8 Å². The lowest BCUT2D eigenvalue weighted by Crippen LogP contribution is -2.33. The van der Waals surface area contributed by atoms with Crippen LogP contribution in [0.2, 0.25) is 0 Å². The van der Waals surface area contributed by atoms with E-state index in [0.29, 0.717) is 23.1 Å². The highest BCUT2D eigenvalue weighted by atomic mass is 16.2. The van der Waals surface area contributed by atoms with Crippen molar-refractivity contribution in [2.45, 2.75) is 59.5 Å². The number of hydrogen-bond acceptors (Lipinski definition) is 3. The van der Waals surface area contributed by atoms with Crippen LogP contribution >= 0.6 is 0 Å². The first-order chi connectivity index (χ1) is 15.8. The van der Waals surface area contributed by atoms with Crippen molar-refractivity contribution in [2.75, 3.05) is 20.1 Å². The van der Waals surface area contributed by atoms with E-state index in [2.05, 4.69) is 46.7 Å². The summed E-state index contributed by atoms with van der Waals surface area (Å²) in [6.07, 6.45) is 3.09. The lowest BCUT2D eigenvalue weighted by atomic mass is 9.90. The number of pyridine rings is 1. The van der Waals surface area contributed by atoms with Gasteiger partial charge in [0.2, 0.25) is 0 Å². The van der Waals surface area contributed by atoms with E-state index in [1.165, 1.54) is 12.8 Å². The number of para-hydroxylation sites is 1. The van der Waals surface area contributed by atoms with Crippen LogP contribution in [0.4, 0.5) is 0 Å². The summed E-state index contributed by atoms with van der Waals surface area (Å²) in [4.78, 5) is 31.2. The first-order valence-corrected chi connectivity index (χ1v) is 12.1. The molecule has 0 spiro atoms. The minimum atomic E-state index is -0.125. The van der Waals surface area contributed by atoms with Crippen molar-refractivity contribution in [3.63, 3.8) is 0 Å². The largest absolute Gasteiger partial charge is 0.348 e. The normalized spacial score (nSPS) is 16.3. The lowest BCUT2D eigenvalue weighted by Gasteiger charge is -2.34. The molecule has 176 valence electrons. The molecule has 1 aliphatic heterocycles. The fraction of sp³-hybridized carbons (Fsp3) is 0.481. The standard InChI is InChI=1S/C27H36N4O2/c1-6-20-15-17(2)29-26(32)23(20)16-28-27(33)25-19(4)31(24-10-8-7-9-22(24)25)18(3)21-11-13-30(5)14-12-21/h7-10,15,18,21H,6,11-14,16H2,1-5H3,(H,28,33)(H,29,32)/t18-/m1/s1. The molecule has 6 heteroatoms. The molecule has 1 amide bonds. The van der Waals surface area contributed by atoms with Gasteiger partial charge in [-0.25, -0.2) is 0 Å². The second-order valence-electron chi connectivity index (χ2n) is 9.55. The van der Waals surface area contributed by atoms with E-state index in [4.69, 9.17) is 0 Å². The summed E-state index contributed by atoms with van der Waals surface area (Å²) in [5.74, 6) is 0.463. The maximum absolute atomic E-state index is 13.4. The van der Waals surface area contributed by atoms with E-state index >= 15 is 0 Å². The average molecular weight is 449 g/mol. The van der Waals surface area contributed by atoms with Crippen LogP contribution in [0.15, 0.2) is 35.1 Å². The summed E-state index contributed by atoms with van der Waals surface area (Å²) in [5, 5.41) is 4.01. The Morgan fingerprint density at radius 2 is 1.91 bits per heavy atom. The molecule has 6 nitrogen and oxygen atoms in total. The number of amides is 1. The van der Waals surface area contributed by atoms with Crippen molar-refractivity contribution in [1.82, 2.24) is 19.8 Å². The number of aryl methyl sites for hydroxylation is 2. The zero-order valence-electron chi connectivity index (χ0n) is 20.5. The molecule has 0 unspecified atom stereocenters. The maximum atomic E-state index is 13.4. The topological polar surface area (TPSA) is 70.1 Å². The monoisotopic (exact) mass is 448 g/mol. The first kappa shape index (κ1) is 23.3. The zero-order chi connectivity index (χ0) is 23.7. The summed E-state index contributed by atoms with van der Waals surface area (Å²) in [7, 11) is 2.18. The smallest absolute Gasteiger partial charge is 0.254 e. The van der Waals surface area contributed by atoms with Gasteiger partial charge in [-0.05, 0) is 83.8 Å². The third-order valence-corrected chi connectivity index (χ3v) is 7.41. The van der Waals surface area contributed by atoms with Crippen LogP contribution < -0.4 is 10.9 Å². The Bertz CT molecular complexity index is 1210. The number of carbonyl (C=O) groups is 1. The predicted octanol–water partition coefficient (Wildman–Crippen LogP) is 4.34. The number of H-pyrrole nitrogens is 1. The van der Waals surface area contributed by atoms with Gasteiger partial charge in [0.1, 0.15) is 0 Å². The fourth-order valence-electron chi connectivity index (χ4n) is 5.48. The van der Waals surface area contributed by atoms with Crippen molar-refractivity contribution in [3.05, 3.63) is 68.8 Å². The van der Waals surface area contributed by atoms with Gasteiger partial charge in [0.05, 0.1) is 5.56 Å². The van der Waals surface area contributed by atoms with E-state index in [0.717, 1.165) is 47.4 Å². The van der Waals surface area contributed by atoms with Gasteiger partial charge in [0, 0.05) is 40.4 Å². The number of nitrogens with zero attached hydrogens (tertiary/aromatic N) is 2. The van der Waals surface area contributed by atoms with Crippen LogP contribution in [0.5, 0.6) is 0 Å². The first-order valence-electron chi connectivity index (χ1n) is 12.1. The third kappa shape index (κ3) is 4.49. The molecule has 1 fully saturated rings. The SMILES string of the molecule is CCc1cc(C)[nH]c(=O)c1CNC(=O)c1c(C)n([C@H](C)C2CCN(C)CC2)c2ccccc12. The van der Waals surface area contributed by atoms with Gasteiger partial charge in [0.15, 0.2) is 0 Å². The Morgan fingerprint density at radius 1 is 1.21 bits per heavy atom. The second kappa shape index (κ2) is 9.56. The molecule has 2 N–H and O–H groups in total. The maximum Gasteiger partial charge on any atom is 0.254 e. The number of carbonyl (C=O) groups excluding carboxylic acids is 1. The van der Waals surface area contributed by atoms with Crippen LogP contribution in [0.25, 0.3) is 10.9 Å². The Balaban J connectivity index is 1.65. The van der Waals surface area contributed by atoms with Gasteiger partial charge in [-0.15, -0.1) is 0 Å². The Kier molecular flexibility index (Phi) is 6.75. The van der Waals surface area contributed by atoms with Crippen LogP contribution in [-0.4, -0.2) is 40.5 Å². The molecule has 0 aliphatic carbocycles. The number of piperidine rings is 1. The molecule has 3 aromatic rings. The number of fused-ring (bicyclic) bond motifs is 1. The third-order valence-electron chi connectivity index (χ3n) is 7.41. The second-order valence-corrected chi connectivity index (χ2v) is 9.55. The molecule has 0 bridgehead atoms. The van der Waals surface area contributed by atoms with Gasteiger partial charge < -0.3 is 19.8 Å². The molecule has 0 radical (unpaired) electrons. The quantitative estimate of drug-likeness (QED) is 0.589. The minimum Gasteiger partial charge on any atom is -0.348 e. The number of likely N-dealkylation sites (tertiary alicyclic amines) is 1. The van der Waals surface area contributed by atoms with Gasteiger partial charge in [-0.1, -0.05) is 25.1 Å². The van der Waals surface area contributed by atoms with Crippen molar-refractivity contribution in [1.29, 1.82) is 0 Å². The number of rotatable bonds is 6. The Hall–Kier alpha value is -2.86. The van der Waals surface area contributed by atoms with E-state index < -0.39 is 0 Å². The lowest BCUT2D eigenvalue weighted by molar-refractivity contribution is 0.0951. The van der Waals surface area contributed by atoms with E-state index in [1.54, 1.807) is 0 Å². The highest BCUT2D eigenvalue weighted by molar-refractivity contribution is 6.08. The summed E-state index contributed by atoms with van der Waals surface area (Å²) in [6.45, 7) is 10.7. The molecule has 4 rings (SSSR count). The highest BCUT2D eigenvalue weighted by Crippen LogP contribution is 2.35. The number of nitrogens with one attached hydrogen (secondary N) is 2. The van der Waals surface area contributed by atoms with Gasteiger partial charge in [-0.3, -0.25) is 9.59 Å². The van der Waals surface area contributed by atoms with Crippen molar-refractivity contribution in [2.24, 2.45) is 5.92 Å². The number of hydrogen-bond donors (Lipinski definition) is 2. The zero-order valence-corrected chi connectivity index (χ0v) is 20.5. The molecule has 3 heterocycles. The van der Waals surface area contributed by atoms with Crippen LogP contribution in [0.3, 0.4) is 0 Å². The average Bonchev–Trinajstić information content (AvgIpc) is 3.09. The van der Waals surface area contributed by atoms with Gasteiger partial charge in [0.25, 0.3) is 11.5 Å². The fourth-order valence-corrected chi connectivity index (χ4v) is 5.48. The number of benzene rings is 1. The molecule has 1 saturated heterocycles. The highest BCUT2D eigenvalue weighted by Gasteiger charge is 2.28. The minimum absolute atomic E-state index is 0.123. The summed E-state index contributed by atoms with van der Waals surface area (Å²) in [5.41, 5.74) is 5.15. The Labute approximate surface area is 196 Å². The van der Waals surface area contributed by atoms with Crippen LogP contribution in [-0.2, 0) is 13.0 Å². The molecule has 33 heavy (non-hydrogen) atoms. The van der Waals surface area contributed by atoms with Gasteiger partial charge in [-0.2, -0.15) is 0 Å². The summed E-state index contributed by atoms with van der Waals surface area (Å²) in [6, 6.07) is 10.5. The van der Waals surface area contributed by atoms with Crippen molar-refractivity contribution in [3.8, 4) is 0 Å². The summed E-state index contributed by atoms with van der Waals surface area (Å²) >= 11 is 0. The molecule has 1 atom stereocenters. The number of aromatic nitrogens is 2. The summed E-state index contributed by atoms with van der Waals surface area (Å²) < 4.78 is 2.36. The Morgan fingerprint density at radius 3 is 2.61 bits per heavy atom. The molecule has 0 saturated carbocycles. The van der Waals surface area contributed by atoms with Crippen LogP contribution in [0, 0.1) is 19.8 Å². The van der Waals surface area contributed by atoms with Gasteiger partial charge >= 0.3 is 0 Å². The van der Waals surface area contributed by atoms with E-state index in [1.807, 2.05) is 38.1 Å². The number of aromatic amines is 1. The molecule has 2 aromatic heterocycles. The predicted molar refractivity (Wildman–Crippen MR) is 134 cm³/mol. The van der Waals surface area contributed by atoms with Crippen LogP contribution in [0.1, 0.15) is 65.6 Å². The molecule has 1 aromatic carbocycles.